The number of carbonyl (C=O) groups excluding carboxylic acids is 1. The van der Waals surface area contributed by atoms with Gasteiger partial charge < -0.3 is 16.4 Å². The number of likely N-dealkylation sites (N-methyl/N-ethyl adjacent to an activating group) is 1. The zero-order chi connectivity index (χ0) is 13.1. The topological polar surface area (TPSA) is 122 Å². The Morgan fingerprint density at radius 2 is 2.33 bits per heavy atom. The zero-order valence-electron chi connectivity index (χ0n) is 10.2. The third-order valence-electron chi connectivity index (χ3n) is 2.42. The van der Waals surface area contributed by atoms with E-state index in [1.807, 2.05) is 6.92 Å². The fourth-order valence-corrected chi connectivity index (χ4v) is 1.56. The van der Waals surface area contributed by atoms with Crippen LogP contribution in [0.5, 0.6) is 0 Å². The number of fused-ring (bicyclic) bond motifs is 1. The summed E-state index contributed by atoms with van der Waals surface area (Å²) in [6.45, 7) is 4.19. The molecule has 8 nitrogen and oxygen atoms in total. The molecule has 0 aliphatic carbocycles. The van der Waals surface area contributed by atoms with E-state index in [1.165, 1.54) is 0 Å². The molecule has 1 amide bonds. The van der Waals surface area contributed by atoms with Gasteiger partial charge in [-0.1, -0.05) is 0 Å². The first-order valence-corrected chi connectivity index (χ1v) is 5.62. The average molecular weight is 249 g/mol. The predicted molar refractivity (Wildman–Crippen MR) is 67.9 cm³/mol. The second-order valence-electron chi connectivity index (χ2n) is 3.82. The summed E-state index contributed by atoms with van der Waals surface area (Å²) in [4.78, 5) is 19.7. The fraction of sp³-hybridized carbons (Fsp3) is 0.400. The SMILES string of the molecule is CCNC(=O)C(C)Nc1nc(N)nc2[nH]ncc12. The van der Waals surface area contributed by atoms with E-state index >= 15 is 0 Å². The lowest BCUT2D eigenvalue weighted by atomic mass is 10.3. The summed E-state index contributed by atoms with van der Waals surface area (Å²) in [5.74, 6) is 0.508. The lowest BCUT2D eigenvalue weighted by Gasteiger charge is -2.14. The Morgan fingerprint density at radius 3 is 3.06 bits per heavy atom. The van der Waals surface area contributed by atoms with Crippen LogP contribution in [0.15, 0.2) is 6.20 Å². The summed E-state index contributed by atoms with van der Waals surface area (Å²) < 4.78 is 0. The van der Waals surface area contributed by atoms with Crippen LogP contribution in [-0.4, -0.2) is 38.7 Å². The van der Waals surface area contributed by atoms with Gasteiger partial charge in [-0.15, -0.1) is 0 Å². The highest BCUT2D eigenvalue weighted by Gasteiger charge is 2.15. The van der Waals surface area contributed by atoms with Crippen LogP contribution in [0.2, 0.25) is 0 Å². The lowest BCUT2D eigenvalue weighted by molar-refractivity contribution is -0.121. The molecule has 0 saturated carbocycles. The van der Waals surface area contributed by atoms with Gasteiger partial charge in [0.1, 0.15) is 11.9 Å². The molecule has 1 atom stereocenters. The molecule has 2 heterocycles. The van der Waals surface area contributed by atoms with Gasteiger partial charge in [0.05, 0.1) is 11.6 Å². The summed E-state index contributed by atoms with van der Waals surface area (Å²) in [7, 11) is 0. The minimum Gasteiger partial charge on any atom is -0.368 e. The van der Waals surface area contributed by atoms with E-state index in [2.05, 4.69) is 30.8 Å². The van der Waals surface area contributed by atoms with E-state index in [9.17, 15) is 4.79 Å². The van der Waals surface area contributed by atoms with Crippen LogP contribution in [0.1, 0.15) is 13.8 Å². The molecule has 0 fully saturated rings. The van der Waals surface area contributed by atoms with Crippen LogP contribution in [0.3, 0.4) is 0 Å². The van der Waals surface area contributed by atoms with Gasteiger partial charge in [0.15, 0.2) is 5.65 Å². The molecule has 18 heavy (non-hydrogen) atoms. The number of hydrogen-bond acceptors (Lipinski definition) is 6. The highest BCUT2D eigenvalue weighted by atomic mass is 16.2. The maximum Gasteiger partial charge on any atom is 0.242 e. The highest BCUT2D eigenvalue weighted by molar-refractivity contribution is 5.90. The second-order valence-corrected chi connectivity index (χ2v) is 3.82. The van der Waals surface area contributed by atoms with Crippen molar-refractivity contribution in [2.45, 2.75) is 19.9 Å². The van der Waals surface area contributed by atoms with Crippen molar-refractivity contribution in [3.8, 4) is 0 Å². The maximum atomic E-state index is 11.6. The van der Waals surface area contributed by atoms with Crippen molar-refractivity contribution in [2.75, 3.05) is 17.6 Å². The first-order valence-electron chi connectivity index (χ1n) is 5.62. The first-order chi connectivity index (χ1) is 8.61. The van der Waals surface area contributed by atoms with E-state index in [0.29, 0.717) is 23.4 Å². The molecule has 2 aromatic heterocycles. The number of nitrogens with two attached hydrogens (primary N) is 1. The normalized spacial score (nSPS) is 12.3. The van der Waals surface area contributed by atoms with Crippen molar-refractivity contribution in [3.05, 3.63) is 6.20 Å². The number of amides is 1. The van der Waals surface area contributed by atoms with Gasteiger partial charge in [-0.3, -0.25) is 9.89 Å². The van der Waals surface area contributed by atoms with Gasteiger partial charge in [0.25, 0.3) is 0 Å². The van der Waals surface area contributed by atoms with E-state index in [-0.39, 0.29) is 11.9 Å². The third kappa shape index (κ3) is 2.31. The number of rotatable bonds is 4. The van der Waals surface area contributed by atoms with E-state index < -0.39 is 6.04 Å². The molecule has 1 unspecified atom stereocenters. The molecule has 2 aromatic rings. The molecular weight excluding hydrogens is 234 g/mol. The molecule has 0 spiro atoms. The van der Waals surface area contributed by atoms with Gasteiger partial charge in [-0.05, 0) is 13.8 Å². The minimum atomic E-state index is -0.419. The molecule has 5 N–H and O–H groups in total. The minimum absolute atomic E-state index is 0.105. The van der Waals surface area contributed by atoms with Crippen LogP contribution < -0.4 is 16.4 Å². The van der Waals surface area contributed by atoms with Crippen LogP contribution in [0.25, 0.3) is 11.0 Å². The monoisotopic (exact) mass is 249 g/mol. The van der Waals surface area contributed by atoms with Crippen molar-refractivity contribution in [1.29, 1.82) is 0 Å². The number of H-pyrrole nitrogens is 1. The quantitative estimate of drug-likeness (QED) is 0.599. The van der Waals surface area contributed by atoms with E-state index in [1.54, 1.807) is 13.1 Å². The van der Waals surface area contributed by atoms with Gasteiger partial charge in [0, 0.05) is 6.54 Å². The van der Waals surface area contributed by atoms with Crippen LogP contribution in [0, 0.1) is 0 Å². The zero-order valence-corrected chi connectivity index (χ0v) is 10.2. The molecule has 0 saturated heterocycles. The summed E-state index contributed by atoms with van der Waals surface area (Å²) in [5, 5.41) is 13.0. The van der Waals surface area contributed by atoms with Crippen molar-refractivity contribution < 1.29 is 4.79 Å². The second kappa shape index (κ2) is 4.86. The molecule has 2 rings (SSSR count). The number of aromatic nitrogens is 4. The van der Waals surface area contributed by atoms with Gasteiger partial charge in [0.2, 0.25) is 11.9 Å². The Morgan fingerprint density at radius 1 is 1.56 bits per heavy atom. The predicted octanol–water partition coefficient (Wildman–Crippen LogP) is -0.128. The number of carbonyl (C=O) groups is 1. The Hall–Kier alpha value is -2.38. The Labute approximate surface area is 103 Å². The number of anilines is 2. The fourth-order valence-electron chi connectivity index (χ4n) is 1.56. The van der Waals surface area contributed by atoms with Crippen molar-refractivity contribution in [2.24, 2.45) is 0 Å². The molecule has 0 bridgehead atoms. The molecule has 96 valence electrons. The molecule has 8 heteroatoms. The first kappa shape index (κ1) is 12.1. The molecular formula is C10H15N7O. The summed E-state index contributed by atoms with van der Waals surface area (Å²) >= 11 is 0. The van der Waals surface area contributed by atoms with Crippen LogP contribution in [-0.2, 0) is 4.79 Å². The maximum absolute atomic E-state index is 11.6. The van der Waals surface area contributed by atoms with E-state index in [4.69, 9.17) is 5.73 Å². The van der Waals surface area contributed by atoms with Crippen molar-refractivity contribution >= 4 is 28.7 Å². The number of hydrogen-bond donors (Lipinski definition) is 4. The molecule has 0 aliphatic heterocycles. The van der Waals surface area contributed by atoms with Gasteiger partial charge in [-0.2, -0.15) is 15.1 Å². The lowest BCUT2D eigenvalue weighted by Crippen LogP contribution is -2.37. The number of nitrogens with zero attached hydrogens (tertiary/aromatic N) is 3. The van der Waals surface area contributed by atoms with Crippen LogP contribution in [0.4, 0.5) is 11.8 Å². The Balaban J connectivity index is 2.25. The van der Waals surface area contributed by atoms with Crippen molar-refractivity contribution in [3.63, 3.8) is 0 Å². The molecule has 0 aliphatic rings. The highest BCUT2D eigenvalue weighted by Crippen LogP contribution is 2.19. The summed E-state index contributed by atoms with van der Waals surface area (Å²) in [5.41, 5.74) is 6.12. The van der Waals surface area contributed by atoms with Gasteiger partial charge >= 0.3 is 0 Å². The number of nitrogens with one attached hydrogen (secondary N) is 3. The largest absolute Gasteiger partial charge is 0.368 e. The Kier molecular flexibility index (Phi) is 3.26. The molecule has 0 aromatic carbocycles. The number of aromatic amines is 1. The average Bonchev–Trinajstić information content (AvgIpc) is 2.77. The standard InChI is InChI=1S/C10H15N7O/c1-3-12-9(18)5(2)14-7-6-4-13-17-8(6)16-10(11)15-7/h4-5H,3H2,1-2H3,(H,12,18)(H4,11,13,14,15,16,17). The number of nitrogen functional groups attached to an aromatic ring is 1. The smallest absolute Gasteiger partial charge is 0.242 e. The summed E-state index contributed by atoms with van der Waals surface area (Å²) in [6.07, 6.45) is 1.58. The third-order valence-corrected chi connectivity index (χ3v) is 2.42. The van der Waals surface area contributed by atoms with Crippen LogP contribution >= 0.6 is 0 Å². The van der Waals surface area contributed by atoms with Crippen molar-refractivity contribution in [1.82, 2.24) is 25.5 Å². The summed E-state index contributed by atoms with van der Waals surface area (Å²) in [6, 6.07) is -0.419. The van der Waals surface area contributed by atoms with E-state index in [0.717, 1.165) is 0 Å². The Bertz CT molecular complexity index is 564. The molecule has 0 radical (unpaired) electrons. The van der Waals surface area contributed by atoms with Gasteiger partial charge in [-0.25, -0.2) is 0 Å².